The number of hydrogen-bond acceptors (Lipinski definition) is 4. The standard InChI is InChI=1S/C37H33NO5/c39-36(35(30-17-9-3-10-18-30)31-19-11-4-12-20-31)38-32(37(40)41)23-29-21-22-33(42-25-27-13-5-1-6-14-27)34(24-29)43-26-28-15-7-2-8-16-28/h1-22,24,32,35H,23,25-26H2,(H,38,39)(H,40,41)/t32-/m0/s1. The third kappa shape index (κ3) is 8.11. The zero-order chi connectivity index (χ0) is 29.9. The third-order valence-corrected chi connectivity index (χ3v) is 7.06. The van der Waals surface area contributed by atoms with Crippen LogP contribution in [0.25, 0.3) is 0 Å². The molecule has 43 heavy (non-hydrogen) atoms. The fraction of sp³-hybridized carbons (Fsp3) is 0.135. The van der Waals surface area contributed by atoms with Gasteiger partial charge in [0.1, 0.15) is 19.3 Å². The van der Waals surface area contributed by atoms with Gasteiger partial charge in [-0.3, -0.25) is 4.79 Å². The summed E-state index contributed by atoms with van der Waals surface area (Å²) in [5, 5.41) is 12.9. The number of rotatable bonds is 13. The van der Waals surface area contributed by atoms with Gasteiger partial charge in [0.05, 0.1) is 5.92 Å². The van der Waals surface area contributed by atoms with Gasteiger partial charge in [-0.25, -0.2) is 4.79 Å². The van der Waals surface area contributed by atoms with Crippen molar-refractivity contribution in [3.05, 3.63) is 167 Å². The lowest BCUT2D eigenvalue weighted by Gasteiger charge is -2.22. The molecule has 5 aromatic carbocycles. The number of ether oxygens (including phenoxy) is 2. The van der Waals surface area contributed by atoms with Crippen LogP contribution >= 0.6 is 0 Å². The van der Waals surface area contributed by atoms with E-state index in [1.807, 2.05) is 127 Å². The van der Waals surface area contributed by atoms with E-state index in [0.717, 1.165) is 22.3 Å². The molecule has 1 amide bonds. The van der Waals surface area contributed by atoms with E-state index in [2.05, 4.69) is 5.32 Å². The smallest absolute Gasteiger partial charge is 0.326 e. The lowest BCUT2D eigenvalue weighted by Crippen LogP contribution is -2.44. The minimum atomic E-state index is -1.15. The minimum Gasteiger partial charge on any atom is -0.485 e. The van der Waals surface area contributed by atoms with Crippen LogP contribution in [0.5, 0.6) is 11.5 Å². The second-order valence-electron chi connectivity index (χ2n) is 10.2. The Morgan fingerprint density at radius 2 is 1.05 bits per heavy atom. The van der Waals surface area contributed by atoms with E-state index in [1.165, 1.54) is 0 Å². The summed E-state index contributed by atoms with van der Waals surface area (Å²) in [6, 6.07) is 42.6. The fourth-order valence-electron chi connectivity index (χ4n) is 4.86. The van der Waals surface area contributed by atoms with Crippen LogP contribution in [0.4, 0.5) is 0 Å². The Morgan fingerprint density at radius 1 is 0.581 bits per heavy atom. The molecular formula is C37H33NO5. The molecule has 0 fully saturated rings. The minimum absolute atomic E-state index is 0.0675. The predicted octanol–water partition coefficient (Wildman–Crippen LogP) is 6.79. The molecule has 0 aromatic heterocycles. The summed E-state index contributed by atoms with van der Waals surface area (Å²) in [7, 11) is 0. The van der Waals surface area contributed by atoms with Crippen LogP contribution in [-0.4, -0.2) is 23.0 Å². The van der Waals surface area contributed by atoms with Crippen LogP contribution in [0, 0.1) is 0 Å². The number of carbonyl (C=O) groups is 2. The molecule has 0 aliphatic rings. The van der Waals surface area contributed by atoms with Crippen molar-refractivity contribution < 1.29 is 24.2 Å². The van der Waals surface area contributed by atoms with Crippen molar-refractivity contribution in [1.29, 1.82) is 0 Å². The average Bonchev–Trinajstić information content (AvgIpc) is 3.05. The Balaban J connectivity index is 1.36. The number of amides is 1. The highest BCUT2D eigenvalue weighted by Crippen LogP contribution is 2.31. The van der Waals surface area contributed by atoms with Crippen molar-refractivity contribution in [2.45, 2.75) is 31.6 Å². The molecule has 2 N–H and O–H groups in total. The summed E-state index contributed by atoms with van der Waals surface area (Å²) in [6.45, 7) is 0.678. The summed E-state index contributed by atoms with van der Waals surface area (Å²) in [4.78, 5) is 26.0. The summed E-state index contributed by atoms with van der Waals surface area (Å²) in [6.07, 6.45) is 0.0675. The number of carbonyl (C=O) groups excluding carboxylic acids is 1. The van der Waals surface area contributed by atoms with Crippen LogP contribution < -0.4 is 14.8 Å². The van der Waals surface area contributed by atoms with Gasteiger partial charge in [-0.2, -0.15) is 0 Å². The van der Waals surface area contributed by atoms with Crippen LogP contribution in [0.3, 0.4) is 0 Å². The van der Waals surface area contributed by atoms with Gasteiger partial charge in [-0.1, -0.05) is 127 Å². The number of aliphatic carboxylic acids is 1. The lowest BCUT2D eigenvalue weighted by molar-refractivity contribution is -0.141. The first kappa shape index (κ1) is 29.1. The first-order valence-electron chi connectivity index (χ1n) is 14.2. The zero-order valence-electron chi connectivity index (χ0n) is 23.6. The van der Waals surface area contributed by atoms with Crippen molar-refractivity contribution in [3.63, 3.8) is 0 Å². The number of nitrogens with one attached hydrogen (secondary N) is 1. The maximum atomic E-state index is 13.6. The van der Waals surface area contributed by atoms with Crippen LogP contribution in [0.2, 0.25) is 0 Å². The highest BCUT2D eigenvalue weighted by Gasteiger charge is 2.28. The number of carboxylic acids is 1. The molecule has 0 spiro atoms. The van der Waals surface area contributed by atoms with E-state index in [1.54, 1.807) is 12.1 Å². The summed E-state index contributed by atoms with van der Waals surface area (Å²) in [5.74, 6) is -1.10. The number of carboxylic acid groups (broad SMARTS) is 1. The molecule has 0 aliphatic carbocycles. The second-order valence-corrected chi connectivity index (χ2v) is 10.2. The zero-order valence-corrected chi connectivity index (χ0v) is 23.6. The van der Waals surface area contributed by atoms with Crippen LogP contribution in [-0.2, 0) is 29.2 Å². The first-order valence-corrected chi connectivity index (χ1v) is 14.2. The fourth-order valence-corrected chi connectivity index (χ4v) is 4.86. The first-order chi connectivity index (χ1) is 21.1. The van der Waals surface area contributed by atoms with Gasteiger partial charge < -0.3 is 19.9 Å². The molecule has 6 nitrogen and oxygen atoms in total. The molecule has 0 unspecified atom stereocenters. The van der Waals surface area contributed by atoms with E-state index < -0.39 is 17.9 Å². The van der Waals surface area contributed by atoms with Gasteiger partial charge in [0.25, 0.3) is 0 Å². The predicted molar refractivity (Wildman–Crippen MR) is 166 cm³/mol. The van der Waals surface area contributed by atoms with E-state index in [0.29, 0.717) is 30.3 Å². The van der Waals surface area contributed by atoms with E-state index >= 15 is 0 Å². The monoisotopic (exact) mass is 571 g/mol. The molecule has 0 radical (unpaired) electrons. The normalized spacial score (nSPS) is 11.5. The van der Waals surface area contributed by atoms with Crippen LogP contribution in [0.15, 0.2) is 140 Å². The van der Waals surface area contributed by atoms with Crippen molar-refractivity contribution in [2.24, 2.45) is 0 Å². The van der Waals surface area contributed by atoms with Gasteiger partial charge in [0.2, 0.25) is 5.91 Å². The molecule has 6 heteroatoms. The van der Waals surface area contributed by atoms with Gasteiger partial charge in [-0.15, -0.1) is 0 Å². The Hall–Kier alpha value is -5.36. The second kappa shape index (κ2) is 14.5. The third-order valence-electron chi connectivity index (χ3n) is 7.06. The molecule has 0 heterocycles. The van der Waals surface area contributed by atoms with E-state index in [9.17, 15) is 14.7 Å². The van der Waals surface area contributed by atoms with Crippen molar-refractivity contribution in [1.82, 2.24) is 5.32 Å². The molecule has 5 aromatic rings. The maximum Gasteiger partial charge on any atom is 0.326 e. The van der Waals surface area contributed by atoms with E-state index in [4.69, 9.17) is 9.47 Å². The lowest BCUT2D eigenvalue weighted by atomic mass is 9.90. The quantitative estimate of drug-likeness (QED) is 0.163. The van der Waals surface area contributed by atoms with Gasteiger partial charge in [0, 0.05) is 6.42 Å². The van der Waals surface area contributed by atoms with Crippen molar-refractivity contribution in [3.8, 4) is 11.5 Å². The Labute approximate surface area is 251 Å². The molecule has 0 saturated heterocycles. The van der Waals surface area contributed by atoms with Gasteiger partial charge in [-0.05, 0) is 39.9 Å². The molecule has 0 aliphatic heterocycles. The Bertz CT molecular complexity index is 1570. The van der Waals surface area contributed by atoms with Crippen LogP contribution in [0.1, 0.15) is 33.7 Å². The summed E-state index contributed by atoms with van der Waals surface area (Å²) >= 11 is 0. The SMILES string of the molecule is O=C(N[C@@H](Cc1ccc(OCc2ccccc2)c(OCc2ccccc2)c1)C(=O)O)C(c1ccccc1)c1ccccc1. The van der Waals surface area contributed by atoms with Crippen molar-refractivity contribution >= 4 is 11.9 Å². The molecule has 0 saturated carbocycles. The van der Waals surface area contributed by atoms with Gasteiger partial charge in [0.15, 0.2) is 11.5 Å². The average molecular weight is 572 g/mol. The molecule has 1 atom stereocenters. The molecule has 5 rings (SSSR count). The summed E-state index contributed by atoms with van der Waals surface area (Å²) in [5.41, 5.74) is 4.27. The maximum absolute atomic E-state index is 13.6. The Kier molecular flexibility index (Phi) is 9.83. The van der Waals surface area contributed by atoms with Gasteiger partial charge >= 0.3 is 5.97 Å². The highest BCUT2D eigenvalue weighted by molar-refractivity contribution is 5.90. The molecule has 0 bridgehead atoms. The van der Waals surface area contributed by atoms with E-state index in [-0.39, 0.29) is 12.3 Å². The van der Waals surface area contributed by atoms with Crippen molar-refractivity contribution in [2.75, 3.05) is 0 Å². The molecule has 216 valence electrons. The number of benzene rings is 5. The topological polar surface area (TPSA) is 84.9 Å². The molecular weight excluding hydrogens is 538 g/mol. The summed E-state index contributed by atoms with van der Waals surface area (Å²) < 4.78 is 12.3. The number of hydrogen-bond donors (Lipinski definition) is 2. The largest absolute Gasteiger partial charge is 0.485 e. The highest BCUT2D eigenvalue weighted by atomic mass is 16.5. The Morgan fingerprint density at radius 3 is 1.53 bits per heavy atom.